The molecule has 0 unspecified atom stereocenters. The van der Waals surface area contributed by atoms with E-state index in [4.69, 9.17) is 15.9 Å². The van der Waals surface area contributed by atoms with Gasteiger partial charge in [-0.3, -0.25) is 5.41 Å². The summed E-state index contributed by atoms with van der Waals surface area (Å²) in [5.41, 5.74) is 5.29. The van der Waals surface area contributed by atoms with E-state index in [1.54, 1.807) is 9.80 Å². The molecule has 0 atom stereocenters. The van der Waals surface area contributed by atoms with Gasteiger partial charge in [0.25, 0.3) is 0 Å². The highest BCUT2D eigenvalue weighted by molar-refractivity contribution is 5.79. The van der Waals surface area contributed by atoms with Crippen molar-refractivity contribution in [2.24, 2.45) is 5.73 Å². The van der Waals surface area contributed by atoms with Gasteiger partial charge in [-0.2, -0.15) is 0 Å². The fraction of sp³-hybridized carbons (Fsp3) is 0.800. The molecule has 6 nitrogen and oxygen atoms in total. The standard InChI is InChI=1S/C10H20N4O2/c1-2-13(4-3-9(11)12)10(15)14-5-7-16-8-6-14/h2-8H2,1H3,(H3,11,12). The van der Waals surface area contributed by atoms with Crippen LogP contribution < -0.4 is 5.73 Å². The lowest BCUT2D eigenvalue weighted by molar-refractivity contribution is 0.0439. The van der Waals surface area contributed by atoms with Crippen LogP contribution in [0.25, 0.3) is 0 Å². The minimum absolute atomic E-state index is 0.0204. The Hall–Kier alpha value is -1.30. The second-order valence-corrected chi connectivity index (χ2v) is 3.74. The van der Waals surface area contributed by atoms with Gasteiger partial charge in [0.2, 0.25) is 0 Å². The summed E-state index contributed by atoms with van der Waals surface area (Å²) in [6.07, 6.45) is 0.434. The van der Waals surface area contributed by atoms with Crippen molar-refractivity contribution in [2.75, 3.05) is 39.4 Å². The van der Waals surface area contributed by atoms with Gasteiger partial charge in [-0.15, -0.1) is 0 Å². The Morgan fingerprint density at radius 1 is 1.50 bits per heavy atom. The number of morpholine rings is 1. The first-order valence-electron chi connectivity index (χ1n) is 5.59. The molecule has 0 aromatic carbocycles. The lowest BCUT2D eigenvalue weighted by Gasteiger charge is -2.32. The lowest BCUT2D eigenvalue weighted by Crippen LogP contribution is -2.48. The number of nitrogens with two attached hydrogens (primary N) is 1. The van der Waals surface area contributed by atoms with Crippen LogP contribution in [0.3, 0.4) is 0 Å². The Labute approximate surface area is 95.8 Å². The molecule has 1 fully saturated rings. The van der Waals surface area contributed by atoms with E-state index in [0.717, 1.165) is 0 Å². The monoisotopic (exact) mass is 228 g/mol. The molecular formula is C10H20N4O2. The van der Waals surface area contributed by atoms with Crippen LogP contribution in [0.4, 0.5) is 4.79 Å². The molecule has 1 saturated heterocycles. The summed E-state index contributed by atoms with van der Waals surface area (Å²) in [5, 5.41) is 7.15. The summed E-state index contributed by atoms with van der Waals surface area (Å²) in [6, 6.07) is 0.0204. The largest absolute Gasteiger partial charge is 0.388 e. The number of hydrogen-bond donors (Lipinski definition) is 2. The molecule has 16 heavy (non-hydrogen) atoms. The lowest BCUT2D eigenvalue weighted by atomic mass is 10.3. The van der Waals surface area contributed by atoms with Crippen molar-refractivity contribution in [1.82, 2.24) is 9.80 Å². The fourth-order valence-corrected chi connectivity index (χ4v) is 1.60. The predicted molar refractivity (Wildman–Crippen MR) is 61.6 cm³/mol. The molecular weight excluding hydrogens is 208 g/mol. The summed E-state index contributed by atoms with van der Waals surface area (Å²) in [5.74, 6) is 0.119. The maximum atomic E-state index is 12.0. The summed E-state index contributed by atoms with van der Waals surface area (Å²) < 4.78 is 5.19. The van der Waals surface area contributed by atoms with Crippen molar-refractivity contribution in [3.05, 3.63) is 0 Å². The summed E-state index contributed by atoms with van der Waals surface area (Å²) in [7, 11) is 0. The van der Waals surface area contributed by atoms with Crippen LogP contribution in [0.15, 0.2) is 0 Å². The number of amides is 2. The second-order valence-electron chi connectivity index (χ2n) is 3.74. The molecule has 0 spiro atoms. The predicted octanol–water partition coefficient (Wildman–Crippen LogP) is 0.0866. The average molecular weight is 228 g/mol. The molecule has 0 aromatic heterocycles. The molecule has 0 aliphatic carbocycles. The zero-order valence-electron chi connectivity index (χ0n) is 9.74. The van der Waals surface area contributed by atoms with E-state index in [-0.39, 0.29) is 11.9 Å². The minimum Gasteiger partial charge on any atom is -0.388 e. The molecule has 2 amide bonds. The first kappa shape index (κ1) is 12.8. The Morgan fingerprint density at radius 3 is 2.62 bits per heavy atom. The quantitative estimate of drug-likeness (QED) is 0.528. The van der Waals surface area contributed by atoms with Crippen molar-refractivity contribution in [3.8, 4) is 0 Å². The van der Waals surface area contributed by atoms with E-state index in [0.29, 0.717) is 45.8 Å². The molecule has 1 aliphatic heterocycles. The fourth-order valence-electron chi connectivity index (χ4n) is 1.60. The zero-order chi connectivity index (χ0) is 12.0. The van der Waals surface area contributed by atoms with Gasteiger partial charge >= 0.3 is 6.03 Å². The highest BCUT2D eigenvalue weighted by atomic mass is 16.5. The zero-order valence-corrected chi connectivity index (χ0v) is 9.74. The number of nitrogens with zero attached hydrogens (tertiary/aromatic N) is 2. The van der Waals surface area contributed by atoms with Crippen LogP contribution in [0, 0.1) is 5.41 Å². The molecule has 1 aliphatic rings. The van der Waals surface area contributed by atoms with E-state index >= 15 is 0 Å². The van der Waals surface area contributed by atoms with Crippen molar-refractivity contribution in [3.63, 3.8) is 0 Å². The first-order valence-corrected chi connectivity index (χ1v) is 5.59. The third kappa shape index (κ3) is 3.69. The molecule has 0 saturated carbocycles. The van der Waals surface area contributed by atoms with Gasteiger partial charge in [0.05, 0.1) is 19.0 Å². The van der Waals surface area contributed by atoms with Gasteiger partial charge in [-0.05, 0) is 6.92 Å². The van der Waals surface area contributed by atoms with Crippen LogP contribution in [-0.4, -0.2) is 61.1 Å². The smallest absolute Gasteiger partial charge is 0.320 e. The molecule has 0 aromatic rings. The molecule has 92 valence electrons. The van der Waals surface area contributed by atoms with Crippen molar-refractivity contribution < 1.29 is 9.53 Å². The maximum Gasteiger partial charge on any atom is 0.320 e. The van der Waals surface area contributed by atoms with E-state index in [1.165, 1.54) is 0 Å². The Bertz CT molecular complexity index is 251. The number of urea groups is 1. The number of nitrogens with one attached hydrogen (secondary N) is 1. The molecule has 0 bridgehead atoms. The van der Waals surface area contributed by atoms with Crippen molar-refractivity contribution in [1.29, 1.82) is 5.41 Å². The second kappa shape index (κ2) is 6.32. The highest BCUT2D eigenvalue weighted by Crippen LogP contribution is 2.03. The third-order valence-corrected chi connectivity index (χ3v) is 2.58. The van der Waals surface area contributed by atoms with E-state index in [9.17, 15) is 4.79 Å². The average Bonchev–Trinajstić information content (AvgIpc) is 2.30. The molecule has 3 N–H and O–H groups in total. The third-order valence-electron chi connectivity index (χ3n) is 2.58. The number of carbonyl (C=O) groups is 1. The molecule has 6 heteroatoms. The topological polar surface area (TPSA) is 82.7 Å². The van der Waals surface area contributed by atoms with Gasteiger partial charge in [-0.25, -0.2) is 4.79 Å². The molecule has 1 rings (SSSR count). The van der Waals surface area contributed by atoms with Crippen LogP contribution >= 0.6 is 0 Å². The normalized spacial score (nSPS) is 15.9. The number of ether oxygens (including phenoxy) is 1. The number of hydrogen-bond acceptors (Lipinski definition) is 3. The Kier molecular flexibility index (Phi) is 5.04. The van der Waals surface area contributed by atoms with Gasteiger partial charge in [0.1, 0.15) is 0 Å². The number of carbonyl (C=O) groups excluding carboxylic acids is 1. The number of amidine groups is 1. The van der Waals surface area contributed by atoms with E-state index < -0.39 is 0 Å². The molecule has 1 heterocycles. The highest BCUT2D eigenvalue weighted by Gasteiger charge is 2.21. The van der Waals surface area contributed by atoms with Gasteiger partial charge < -0.3 is 20.3 Å². The first-order chi connectivity index (χ1) is 7.65. The minimum atomic E-state index is 0.0204. The van der Waals surface area contributed by atoms with Gasteiger partial charge in [-0.1, -0.05) is 0 Å². The molecule has 0 radical (unpaired) electrons. The Morgan fingerprint density at radius 2 is 2.12 bits per heavy atom. The van der Waals surface area contributed by atoms with E-state index in [1.807, 2.05) is 6.92 Å². The van der Waals surface area contributed by atoms with E-state index in [2.05, 4.69) is 0 Å². The maximum absolute atomic E-state index is 12.0. The van der Waals surface area contributed by atoms with Gasteiger partial charge in [0, 0.05) is 32.6 Å². The van der Waals surface area contributed by atoms with Crippen LogP contribution in [0.5, 0.6) is 0 Å². The van der Waals surface area contributed by atoms with Crippen LogP contribution in [-0.2, 0) is 4.74 Å². The summed E-state index contributed by atoms with van der Waals surface area (Å²) in [6.45, 7) is 5.60. The van der Waals surface area contributed by atoms with Gasteiger partial charge in [0.15, 0.2) is 0 Å². The number of rotatable bonds is 4. The summed E-state index contributed by atoms with van der Waals surface area (Å²) >= 11 is 0. The van der Waals surface area contributed by atoms with Crippen LogP contribution in [0.2, 0.25) is 0 Å². The van der Waals surface area contributed by atoms with Crippen molar-refractivity contribution in [2.45, 2.75) is 13.3 Å². The van der Waals surface area contributed by atoms with Crippen LogP contribution in [0.1, 0.15) is 13.3 Å². The van der Waals surface area contributed by atoms with Crippen molar-refractivity contribution >= 4 is 11.9 Å². The summed E-state index contributed by atoms with van der Waals surface area (Å²) in [4.78, 5) is 15.5. The Balaban J connectivity index is 2.44. The SMILES string of the molecule is CCN(CCC(=N)N)C(=O)N1CCOCC1.